The van der Waals surface area contributed by atoms with E-state index >= 15 is 0 Å². The summed E-state index contributed by atoms with van der Waals surface area (Å²) in [7, 11) is 2.87. The van der Waals surface area contributed by atoms with E-state index in [1.807, 2.05) is 54.7 Å². The van der Waals surface area contributed by atoms with Gasteiger partial charge in [-0.2, -0.15) is 0 Å². The highest BCUT2D eigenvalue weighted by Crippen LogP contribution is 2.33. The van der Waals surface area contributed by atoms with E-state index in [1.165, 1.54) is 14.2 Å². The smallest absolute Gasteiger partial charge is 0.341 e. The molecular formula is C21H19ClN2O3. The van der Waals surface area contributed by atoms with Gasteiger partial charge >= 0.3 is 5.97 Å². The number of hydrogen-bond donors (Lipinski definition) is 0. The SMILES string of the molecule is COC(=O)c1ccc(N(Cc2cccnc2)c2cccc(Cl)c2)cc1OC. The first-order chi connectivity index (χ1) is 13.1. The fourth-order valence-electron chi connectivity index (χ4n) is 2.78. The van der Waals surface area contributed by atoms with Crippen molar-refractivity contribution in [3.8, 4) is 5.75 Å². The van der Waals surface area contributed by atoms with Gasteiger partial charge in [-0.15, -0.1) is 0 Å². The molecule has 0 amide bonds. The van der Waals surface area contributed by atoms with Crippen LogP contribution in [0, 0.1) is 0 Å². The molecule has 0 spiro atoms. The summed E-state index contributed by atoms with van der Waals surface area (Å²) in [6.07, 6.45) is 3.55. The van der Waals surface area contributed by atoms with Crippen molar-refractivity contribution in [3.05, 3.63) is 83.1 Å². The van der Waals surface area contributed by atoms with E-state index < -0.39 is 5.97 Å². The number of benzene rings is 2. The van der Waals surface area contributed by atoms with Crippen LogP contribution in [0.5, 0.6) is 5.75 Å². The Morgan fingerprint density at radius 1 is 1.07 bits per heavy atom. The molecule has 1 heterocycles. The molecule has 3 aromatic rings. The number of carbonyl (C=O) groups is 1. The summed E-state index contributed by atoms with van der Waals surface area (Å²) in [6.45, 7) is 0.578. The molecule has 0 aliphatic carbocycles. The van der Waals surface area contributed by atoms with E-state index in [2.05, 4.69) is 9.88 Å². The molecular weight excluding hydrogens is 364 g/mol. The van der Waals surface area contributed by atoms with Crippen LogP contribution in [0.1, 0.15) is 15.9 Å². The molecule has 1 aromatic heterocycles. The molecule has 0 bridgehead atoms. The van der Waals surface area contributed by atoms with Crippen LogP contribution >= 0.6 is 11.6 Å². The highest BCUT2D eigenvalue weighted by Gasteiger charge is 2.17. The summed E-state index contributed by atoms with van der Waals surface area (Å²) in [4.78, 5) is 18.2. The third-order valence-electron chi connectivity index (χ3n) is 4.09. The minimum Gasteiger partial charge on any atom is -0.496 e. The Hall–Kier alpha value is -3.05. The maximum Gasteiger partial charge on any atom is 0.341 e. The Bertz CT molecular complexity index is 932. The zero-order valence-corrected chi connectivity index (χ0v) is 15.8. The molecule has 0 unspecified atom stereocenters. The van der Waals surface area contributed by atoms with E-state index in [0.29, 0.717) is 22.9 Å². The van der Waals surface area contributed by atoms with E-state index in [0.717, 1.165) is 16.9 Å². The second-order valence-electron chi connectivity index (χ2n) is 5.80. The van der Waals surface area contributed by atoms with Crippen molar-refractivity contribution in [2.45, 2.75) is 6.54 Å². The summed E-state index contributed by atoms with van der Waals surface area (Å²) in [6, 6.07) is 16.8. The van der Waals surface area contributed by atoms with Gasteiger partial charge in [0.1, 0.15) is 11.3 Å². The topological polar surface area (TPSA) is 51.7 Å². The lowest BCUT2D eigenvalue weighted by Crippen LogP contribution is -2.17. The lowest BCUT2D eigenvalue weighted by atomic mass is 10.1. The van der Waals surface area contributed by atoms with Crippen molar-refractivity contribution in [3.63, 3.8) is 0 Å². The first-order valence-electron chi connectivity index (χ1n) is 8.30. The molecule has 0 aliphatic rings. The van der Waals surface area contributed by atoms with Crippen LogP contribution < -0.4 is 9.64 Å². The number of esters is 1. The van der Waals surface area contributed by atoms with Gasteiger partial charge in [0.2, 0.25) is 0 Å². The van der Waals surface area contributed by atoms with Gasteiger partial charge in [0, 0.05) is 41.4 Å². The lowest BCUT2D eigenvalue weighted by molar-refractivity contribution is 0.0597. The van der Waals surface area contributed by atoms with Gasteiger partial charge in [-0.05, 0) is 42.0 Å². The zero-order chi connectivity index (χ0) is 19.2. The molecule has 0 atom stereocenters. The normalized spacial score (nSPS) is 10.3. The minimum absolute atomic E-state index is 0.371. The average molecular weight is 383 g/mol. The van der Waals surface area contributed by atoms with Crippen LogP contribution in [-0.4, -0.2) is 25.2 Å². The summed E-state index contributed by atoms with van der Waals surface area (Å²) < 4.78 is 10.2. The quantitative estimate of drug-likeness (QED) is 0.569. The van der Waals surface area contributed by atoms with Gasteiger partial charge < -0.3 is 14.4 Å². The summed E-state index contributed by atoms with van der Waals surface area (Å²) in [5, 5.41) is 0.641. The second kappa shape index (κ2) is 8.56. The standard InChI is InChI=1S/C21H19ClN2O3/c1-26-20-12-18(8-9-19(20)21(25)27-2)24(14-15-5-4-10-23-13-15)17-7-3-6-16(22)11-17/h3-13H,14H2,1-2H3. The van der Waals surface area contributed by atoms with E-state index in [9.17, 15) is 4.79 Å². The van der Waals surface area contributed by atoms with Crippen molar-refractivity contribution >= 4 is 28.9 Å². The third kappa shape index (κ3) is 4.38. The predicted octanol–water partition coefficient (Wildman–Crippen LogP) is 4.87. The third-order valence-corrected chi connectivity index (χ3v) is 4.32. The van der Waals surface area contributed by atoms with Crippen LogP contribution in [0.3, 0.4) is 0 Å². The number of pyridine rings is 1. The molecule has 0 fully saturated rings. The summed E-state index contributed by atoms with van der Waals surface area (Å²) in [5.74, 6) is -0.00229. The molecule has 0 saturated carbocycles. The van der Waals surface area contributed by atoms with Crippen LogP contribution in [0.2, 0.25) is 5.02 Å². The molecule has 0 saturated heterocycles. The van der Waals surface area contributed by atoms with Gasteiger partial charge in [0.15, 0.2) is 0 Å². The number of anilines is 2. The molecule has 5 nitrogen and oxygen atoms in total. The van der Waals surface area contributed by atoms with Crippen LogP contribution in [0.25, 0.3) is 0 Å². The largest absolute Gasteiger partial charge is 0.496 e. The summed E-state index contributed by atoms with van der Waals surface area (Å²) in [5.41, 5.74) is 3.18. The Balaban J connectivity index is 2.06. The highest BCUT2D eigenvalue weighted by molar-refractivity contribution is 6.30. The molecule has 3 rings (SSSR count). The van der Waals surface area contributed by atoms with E-state index in [-0.39, 0.29) is 0 Å². The first kappa shape index (κ1) is 18.7. The van der Waals surface area contributed by atoms with Crippen molar-refractivity contribution in [2.24, 2.45) is 0 Å². The number of halogens is 1. The van der Waals surface area contributed by atoms with Crippen molar-refractivity contribution < 1.29 is 14.3 Å². The molecule has 138 valence electrons. The Morgan fingerprint density at radius 3 is 2.56 bits per heavy atom. The second-order valence-corrected chi connectivity index (χ2v) is 6.24. The van der Waals surface area contributed by atoms with Gasteiger partial charge in [-0.1, -0.05) is 23.7 Å². The van der Waals surface area contributed by atoms with Gasteiger partial charge in [0.05, 0.1) is 14.2 Å². The maximum atomic E-state index is 11.9. The predicted molar refractivity (Wildman–Crippen MR) is 106 cm³/mol. The molecule has 6 heteroatoms. The van der Waals surface area contributed by atoms with Gasteiger partial charge in [0.25, 0.3) is 0 Å². The molecule has 0 radical (unpaired) electrons. The summed E-state index contributed by atoms with van der Waals surface area (Å²) >= 11 is 6.20. The molecule has 2 aromatic carbocycles. The Morgan fingerprint density at radius 2 is 1.89 bits per heavy atom. The lowest BCUT2D eigenvalue weighted by Gasteiger charge is -2.26. The zero-order valence-electron chi connectivity index (χ0n) is 15.1. The number of nitrogens with zero attached hydrogens (tertiary/aromatic N) is 2. The molecule has 0 N–H and O–H groups in total. The highest BCUT2D eigenvalue weighted by atomic mass is 35.5. The number of carbonyl (C=O) groups excluding carboxylic acids is 1. The monoisotopic (exact) mass is 382 g/mol. The van der Waals surface area contributed by atoms with E-state index in [4.69, 9.17) is 21.1 Å². The number of aromatic nitrogens is 1. The van der Waals surface area contributed by atoms with Crippen LogP contribution in [-0.2, 0) is 11.3 Å². The van der Waals surface area contributed by atoms with Gasteiger partial charge in [-0.25, -0.2) is 4.79 Å². The molecule has 27 heavy (non-hydrogen) atoms. The van der Waals surface area contributed by atoms with Crippen molar-refractivity contribution in [1.29, 1.82) is 0 Å². The fraction of sp³-hybridized carbons (Fsp3) is 0.143. The maximum absolute atomic E-state index is 11.9. The Labute approximate surface area is 163 Å². The average Bonchev–Trinajstić information content (AvgIpc) is 2.71. The minimum atomic E-state index is -0.444. The number of methoxy groups -OCH3 is 2. The number of hydrogen-bond acceptors (Lipinski definition) is 5. The Kier molecular flexibility index (Phi) is 5.94. The van der Waals surface area contributed by atoms with Crippen molar-refractivity contribution in [1.82, 2.24) is 4.98 Å². The van der Waals surface area contributed by atoms with Crippen LogP contribution in [0.15, 0.2) is 67.0 Å². The van der Waals surface area contributed by atoms with Crippen molar-refractivity contribution in [2.75, 3.05) is 19.1 Å². The number of rotatable bonds is 6. The van der Waals surface area contributed by atoms with E-state index in [1.54, 1.807) is 12.3 Å². The molecule has 0 aliphatic heterocycles. The number of ether oxygens (including phenoxy) is 2. The van der Waals surface area contributed by atoms with Crippen LogP contribution in [0.4, 0.5) is 11.4 Å². The fourth-order valence-corrected chi connectivity index (χ4v) is 2.96. The van der Waals surface area contributed by atoms with Gasteiger partial charge in [-0.3, -0.25) is 4.98 Å². The first-order valence-corrected chi connectivity index (χ1v) is 8.68.